The number of carbonyl (C=O) groups is 1. The van der Waals surface area contributed by atoms with Crippen molar-refractivity contribution in [2.24, 2.45) is 0 Å². The Bertz CT molecular complexity index is 1690. The highest BCUT2D eigenvalue weighted by atomic mass is 16.6. The van der Waals surface area contributed by atoms with Gasteiger partial charge in [0.15, 0.2) is 5.69 Å². The molecule has 0 N–H and O–H groups in total. The molecule has 0 radical (unpaired) electrons. The Hall–Kier alpha value is -4.38. The summed E-state index contributed by atoms with van der Waals surface area (Å²) in [5.41, 5.74) is 8.63. The largest absolute Gasteiger partial charge is 0.438 e. The highest BCUT2D eigenvalue weighted by Crippen LogP contribution is 2.51. The summed E-state index contributed by atoms with van der Waals surface area (Å²) in [5, 5.41) is 0. The number of hydrogen-bond acceptors (Lipinski definition) is 4. The van der Waals surface area contributed by atoms with Crippen LogP contribution in [-0.2, 0) is 16.8 Å². The number of pyridine rings is 2. The van der Waals surface area contributed by atoms with E-state index >= 15 is 0 Å². The number of anilines is 1. The predicted molar refractivity (Wildman–Crippen MR) is 145 cm³/mol. The van der Waals surface area contributed by atoms with E-state index in [9.17, 15) is 4.79 Å². The second-order valence-corrected chi connectivity index (χ2v) is 10.0. The molecule has 2 aromatic carbocycles. The standard InChI is InChI=1S/C32H27N3O2/c1-21-9-6-13-25-20-26(22-10-4-3-5-11-22)30(35(21)25)32(27-14-7-17-33-29(27)31(36)37-32)24-15-16-28-23(19-24)12-8-18-34(28)2/h3-7,9-11,13-17,19-20H,8,12,18H2,1-2H3. The minimum absolute atomic E-state index is 0.375. The first kappa shape index (κ1) is 21.9. The summed E-state index contributed by atoms with van der Waals surface area (Å²) in [7, 11) is 2.14. The Balaban J connectivity index is 1.63. The lowest BCUT2D eigenvalue weighted by molar-refractivity contribution is 0.0235. The number of carbonyl (C=O) groups excluding carboxylic acids is 1. The summed E-state index contributed by atoms with van der Waals surface area (Å²) in [6, 6.07) is 29.3. The van der Waals surface area contributed by atoms with E-state index < -0.39 is 11.6 Å². The van der Waals surface area contributed by atoms with Gasteiger partial charge in [0, 0.05) is 53.4 Å². The first-order chi connectivity index (χ1) is 18.1. The molecule has 0 saturated heterocycles. The Kier molecular flexibility index (Phi) is 4.77. The van der Waals surface area contributed by atoms with Crippen LogP contribution in [0.15, 0.2) is 91.1 Å². The summed E-state index contributed by atoms with van der Waals surface area (Å²) in [5.74, 6) is -0.395. The maximum absolute atomic E-state index is 13.5. The topological polar surface area (TPSA) is 46.8 Å². The van der Waals surface area contributed by atoms with Gasteiger partial charge in [-0.3, -0.25) is 0 Å². The normalized spacial score (nSPS) is 18.5. The number of hydrogen-bond donors (Lipinski definition) is 0. The third kappa shape index (κ3) is 3.10. The van der Waals surface area contributed by atoms with E-state index in [-0.39, 0.29) is 0 Å². The summed E-state index contributed by atoms with van der Waals surface area (Å²) in [4.78, 5) is 20.2. The van der Waals surface area contributed by atoms with E-state index in [1.807, 2.05) is 30.3 Å². The van der Waals surface area contributed by atoms with Crippen molar-refractivity contribution >= 4 is 17.2 Å². The van der Waals surface area contributed by atoms with Crippen LogP contribution in [0.4, 0.5) is 5.69 Å². The maximum atomic E-state index is 13.5. The SMILES string of the molecule is Cc1cccc2cc(-c3ccccc3)c(C3(c4ccc5c(c4)CCCN5C)OC(=O)c4ncccc43)n12. The fourth-order valence-corrected chi connectivity index (χ4v) is 6.20. The van der Waals surface area contributed by atoms with Crippen molar-refractivity contribution in [3.8, 4) is 11.1 Å². The number of nitrogens with zero attached hydrogens (tertiary/aromatic N) is 3. The van der Waals surface area contributed by atoms with Crippen molar-refractivity contribution in [2.75, 3.05) is 18.5 Å². The Morgan fingerprint density at radius 3 is 2.68 bits per heavy atom. The van der Waals surface area contributed by atoms with Crippen LogP contribution in [0.3, 0.4) is 0 Å². The number of aryl methyl sites for hydroxylation is 2. The van der Waals surface area contributed by atoms with Crippen molar-refractivity contribution in [1.82, 2.24) is 9.38 Å². The van der Waals surface area contributed by atoms with Gasteiger partial charge in [-0.15, -0.1) is 0 Å². The van der Waals surface area contributed by atoms with Gasteiger partial charge in [-0.05, 0) is 67.3 Å². The quantitative estimate of drug-likeness (QED) is 0.288. The van der Waals surface area contributed by atoms with Gasteiger partial charge in [0.1, 0.15) is 0 Å². The minimum Gasteiger partial charge on any atom is -0.438 e. The van der Waals surface area contributed by atoms with E-state index in [0.29, 0.717) is 5.69 Å². The molecule has 0 aliphatic carbocycles. The molecule has 0 spiro atoms. The van der Waals surface area contributed by atoms with Crippen LogP contribution >= 0.6 is 0 Å². The van der Waals surface area contributed by atoms with Crippen LogP contribution in [0.25, 0.3) is 16.6 Å². The van der Waals surface area contributed by atoms with Crippen molar-refractivity contribution in [1.29, 1.82) is 0 Å². The summed E-state index contributed by atoms with van der Waals surface area (Å²) >= 11 is 0. The number of esters is 1. The molecule has 5 nitrogen and oxygen atoms in total. The van der Waals surface area contributed by atoms with Crippen molar-refractivity contribution < 1.29 is 9.53 Å². The molecule has 5 heterocycles. The average Bonchev–Trinajstić information content (AvgIpc) is 3.47. The van der Waals surface area contributed by atoms with Crippen LogP contribution in [0.5, 0.6) is 0 Å². The molecule has 3 aromatic heterocycles. The van der Waals surface area contributed by atoms with Crippen LogP contribution in [0.1, 0.15) is 45.0 Å². The molecule has 0 amide bonds. The fraction of sp³-hybridized carbons (Fsp3) is 0.188. The molecule has 1 unspecified atom stereocenters. The van der Waals surface area contributed by atoms with Crippen LogP contribution in [-0.4, -0.2) is 28.9 Å². The van der Waals surface area contributed by atoms with Gasteiger partial charge in [0.2, 0.25) is 5.60 Å². The van der Waals surface area contributed by atoms with E-state index in [0.717, 1.165) is 58.5 Å². The van der Waals surface area contributed by atoms with Gasteiger partial charge in [0.05, 0.1) is 5.69 Å². The molecule has 182 valence electrons. The van der Waals surface area contributed by atoms with E-state index in [4.69, 9.17) is 4.74 Å². The van der Waals surface area contributed by atoms with Gasteiger partial charge in [0.25, 0.3) is 0 Å². The number of fused-ring (bicyclic) bond motifs is 3. The second kappa shape index (κ2) is 8.07. The van der Waals surface area contributed by atoms with Gasteiger partial charge in [-0.1, -0.05) is 48.5 Å². The molecule has 7 rings (SSSR count). The van der Waals surface area contributed by atoms with Crippen molar-refractivity contribution in [3.63, 3.8) is 0 Å². The maximum Gasteiger partial charge on any atom is 0.359 e. The highest BCUT2D eigenvalue weighted by Gasteiger charge is 2.52. The van der Waals surface area contributed by atoms with Crippen LogP contribution in [0.2, 0.25) is 0 Å². The van der Waals surface area contributed by atoms with Gasteiger partial charge >= 0.3 is 5.97 Å². The summed E-state index contributed by atoms with van der Waals surface area (Å²) in [6.45, 7) is 3.14. The highest BCUT2D eigenvalue weighted by molar-refractivity contribution is 5.95. The fourth-order valence-electron chi connectivity index (χ4n) is 6.20. The minimum atomic E-state index is -1.14. The molecule has 0 saturated carbocycles. The van der Waals surface area contributed by atoms with Crippen molar-refractivity contribution in [3.05, 3.63) is 125 Å². The third-order valence-corrected chi connectivity index (χ3v) is 7.87. The number of benzene rings is 2. The lowest BCUT2D eigenvalue weighted by Gasteiger charge is -2.34. The molecule has 1 atom stereocenters. The number of aromatic nitrogens is 2. The zero-order chi connectivity index (χ0) is 25.1. The average molecular weight is 486 g/mol. The second-order valence-electron chi connectivity index (χ2n) is 10.0. The molecule has 5 heteroatoms. The molecule has 0 bridgehead atoms. The van der Waals surface area contributed by atoms with Gasteiger partial charge in [-0.25, -0.2) is 9.78 Å². The molecule has 5 aromatic rings. The van der Waals surface area contributed by atoms with E-state index in [2.05, 4.69) is 82.9 Å². The third-order valence-electron chi connectivity index (χ3n) is 7.87. The molecular weight excluding hydrogens is 458 g/mol. The molecule has 2 aliphatic rings. The first-order valence-corrected chi connectivity index (χ1v) is 12.8. The van der Waals surface area contributed by atoms with E-state index in [1.54, 1.807) is 6.20 Å². The summed E-state index contributed by atoms with van der Waals surface area (Å²) < 4.78 is 8.80. The lowest BCUT2D eigenvalue weighted by Crippen LogP contribution is -2.33. The zero-order valence-corrected chi connectivity index (χ0v) is 20.9. The number of rotatable bonds is 3. The molecule has 37 heavy (non-hydrogen) atoms. The Morgan fingerprint density at radius 2 is 1.81 bits per heavy atom. The molecular formula is C32H27N3O2. The van der Waals surface area contributed by atoms with E-state index in [1.165, 1.54) is 11.3 Å². The summed E-state index contributed by atoms with van der Waals surface area (Å²) in [6.07, 6.45) is 3.76. The zero-order valence-electron chi connectivity index (χ0n) is 20.9. The van der Waals surface area contributed by atoms with Crippen molar-refractivity contribution in [2.45, 2.75) is 25.4 Å². The molecule has 0 fully saturated rings. The smallest absolute Gasteiger partial charge is 0.359 e. The van der Waals surface area contributed by atoms with Gasteiger partial charge in [-0.2, -0.15) is 0 Å². The van der Waals surface area contributed by atoms with Crippen LogP contribution < -0.4 is 4.90 Å². The van der Waals surface area contributed by atoms with Gasteiger partial charge < -0.3 is 14.0 Å². The van der Waals surface area contributed by atoms with Crippen LogP contribution in [0, 0.1) is 6.92 Å². The predicted octanol–water partition coefficient (Wildman–Crippen LogP) is 6.15. The number of cyclic esters (lactones) is 1. The monoisotopic (exact) mass is 485 g/mol. The lowest BCUT2D eigenvalue weighted by atomic mass is 9.80. The molecule has 2 aliphatic heterocycles. The number of ether oxygens (including phenoxy) is 1. The Labute approximate surface area is 216 Å². The Morgan fingerprint density at radius 1 is 0.946 bits per heavy atom. The first-order valence-electron chi connectivity index (χ1n) is 12.8.